The van der Waals surface area contributed by atoms with E-state index in [2.05, 4.69) is 31.3 Å². The van der Waals surface area contributed by atoms with Gasteiger partial charge in [0.1, 0.15) is 15.6 Å². The number of ether oxygens (including phenoxy) is 1. The van der Waals surface area contributed by atoms with E-state index in [1.165, 1.54) is 11.8 Å². The number of fused-ring (bicyclic) bond motifs is 1. The second-order valence-corrected chi connectivity index (χ2v) is 8.39. The Morgan fingerprint density at radius 1 is 1.38 bits per heavy atom. The Balaban J connectivity index is 2.25. The Hall–Kier alpha value is -1.07. The van der Waals surface area contributed by atoms with Crippen molar-refractivity contribution in [3.8, 4) is 5.75 Å². The zero-order valence-corrected chi connectivity index (χ0v) is 14.1. The molecule has 21 heavy (non-hydrogen) atoms. The lowest BCUT2D eigenvalue weighted by molar-refractivity contribution is 0.312. The van der Waals surface area contributed by atoms with Gasteiger partial charge in [-0.3, -0.25) is 0 Å². The Morgan fingerprint density at radius 2 is 2.10 bits per heavy atom. The second-order valence-electron chi connectivity index (χ2n) is 6.20. The molecule has 1 aromatic carbocycles. The largest absolute Gasteiger partial charge is 0.493 e. The third-order valence-electron chi connectivity index (χ3n) is 3.75. The van der Waals surface area contributed by atoms with Gasteiger partial charge in [0.05, 0.1) is 12.4 Å². The fraction of sp³-hybridized carbons (Fsp3) is 0.625. The van der Waals surface area contributed by atoms with E-state index in [9.17, 15) is 8.42 Å². The van der Waals surface area contributed by atoms with Crippen LogP contribution in [0.1, 0.15) is 42.5 Å². The molecule has 1 aliphatic rings. The molecule has 0 saturated carbocycles. The van der Waals surface area contributed by atoms with E-state index in [4.69, 9.17) is 4.74 Å². The molecule has 2 atom stereocenters. The molecule has 0 amide bonds. The Kier molecular flexibility index (Phi) is 4.94. The molecule has 0 bridgehead atoms. The molecule has 1 heterocycles. The minimum atomic E-state index is -2.97. The maximum Gasteiger partial charge on any atom is 0.148 e. The summed E-state index contributed by atoms with van der Waals surface area (Å²) < 4.78 is 28.8. The highest BCUT2D eigenvalue weighted by atomic mass is 32.2. The van der Waals surface area contributed by atoms with Crippen LogP contribution in [0.25, 0.3) is 0 Å². The smallest absolute Gasteiger partial charge is 0.148 e. The molecule has 4 nitrogen and oxygen atoms in total. The zero-order chi connectivity index (χ0) is 15.6. The van der Waals surface area contributed by atoms with Crippen LogP contribution in [-0.2, 0) is 9.84 Å². The molecule has 2 rings (SSSR count). The van der Waals surface area contributed by atoms with E-state index < -0.39 is 9.84 Å². The van der Waals surface area contributed by atoms with Gasteiger partial charge in [0.25, 0.3) is 0 Å². The third-order valence-corrected chi connectivity index (χ3v) is 4.85. The average Bonchev–Trinajstić information content (AvgIpc) is 2.50. The van der Waals surface area contributed by atoms with Gasteiger partial charge < -0.3 is 10.1 Å². The number of hydrogen-bond donors (Lipinski definition) is 1. The normalized spacial score (nSPS) is 20.3. The highest BCUT2D eigenvalue weighted by Gasteiger charge is 2.23. The third kappa shape index (κ3) is 4.45. The fourth-order valence-corrected chi connectivity index (χ4v) is 4.08. The molecule has 0 unspecified atom stereocenters. The van der Waals surface area contributed by atoms with Gasteiger partial charge in [0.2, 0.25) is 0 Å². The van der Waals surface area contributed by atoms with Gasteiger partial charge in [-0.1, -0.05) is 17.7 Å². The topological polar surface area (TPSA) is 55.4 Å². The molecule has 0 aromatic heterocycles. The number of sulfone groups is 1. The van der Waals surface area contributed by atoms with Crippen molar-refractivity contribution in [2.45, 2.75) is 45.7 Å². The number of hydrogen-bond acceptors (Lipinski definition) is 4. The van der Waals surface area contributed by atoms with Gasteiger partial charge in [0.15, 0.2) is 0 Å². The summed E-state index contributed by atoms with van der Waals surface area (Å²) in [5, 5.41) is 3.47. The first-order chi connectivity index (χ1) is 9.76. The molecule has 1 N–H and O–H groups in total. The Bertz CT molecular complexity index is 610. The zero-order valence-electron chi connectivity index (χ0n) is 13.3. The van der Waals surface area contributed by atoms with Crippen molar-refractivity contribution in [1.29, 1.82) is 0 Å². The van der Waals surface area contributed by atoms with Gasteiger partial charge in [-0.2, -0.15) is 0 Å². The SMILES string of the molecule is Cc1cc(C)c2c(c1)[C@@H](N[C@H](C)CS(C)(=O)=O)CCCO2. The lowest BCUT2D eigenvalue weighted by Crippen LogP contribution is -2.35. The van der Waals surface area contributed by atoms with Crippen molar-refractivity contribution in [1.82, 2.24) is 5.32 Å². The van der Waals surface area contributed by atoms with E-state index in [0.29, 0.717) is 0 Å². The molecule has 1 aliphatic heterocycles. The first kappa shape index (κ1) is 16.3. The van der Waals surface area contributed by atoms with Crippen LogP contribution in [0.15, 0.2) is 12.1 Å². The summed E-state index contributed by atoms with van der Waals surface area (Å²) in [4.78, 5) is 0. The van der Waals surface area contributed by atoms with Crippen molar-refractivity contribution in [3.63, 3.8) is 0 Å². The standard InChI is InChI=1S/C16H25NO3S/c1-11-8-12(2)16-14(9-11)15(6-5-7-20-16)17-13(3)10-21(4,18)19/h8-9,13,15,17H,5-7,10H2,1-4H3/t13-,15+/m1/s1. The summed E-state index contributed by atoms with van der Waals surface area (Å²) in [6.07, 6.45) is 3.21. The van der Waals surface area contributed by atoms with Crippen molar-refractivity contribution in [2.75, 3.05) is 18.6 Å². The molecule has 0 fully saturated rings. The monoisotopic (exact) mass is 311 g/mol. The molecule has 118 valence electrons. The molecule has 1 aromatic rings. The van der Waals surface area contributed by atoms with Gasteiger partial charge in [0, 0.05) is 23.9 Å². The summed E-state index contributed by atoms with van der Waals surface area (Å²) in [6, 6.07) is 4.36. The van der Waals surface area contributed by atoms with Crippen molar-refractivity contribution >= 4 is 9.84 Å². The molecular weight excluding hydrogens is 286 g/mol. The quantitative estimate of drug-likeness (QED) is 0.928. The highest BCUT2D eigenvalue weighted by molar-refractivity contribution is 7.90. The van der Waals surface area contributed by atoms with Crippen LogP contribution in [-0.4, -0.2) is 33.1 Å². The molecule has 0 aliphatic carbocycles. The van der Waals surface area contributed by atoms with Crippen molar-refractivity contribution < 1.29 is 13.2 Å². The van der Waals surface area contributed by atoms with E-state index in [-0.39, 0.29) is 17.8 Å². The minimum absolute atomic E-state index is 0.0724. The molecule has 0 saturated heterocycles. The van der Waals surface area contributed by atoms with Gasteiger partial charge >= 0.3 is 0 Å². The number of aryl methyl sites for hydroxylation is 2. The average molecular weight is 311 g/mol. The maximum absolute atomic E-state index is 11.4. The number of rotatable bonds is 4. The van der Waals surface area contributed by atoms with E-state index in [0.717, 1.165) is 36.3 Å². The lowest BCUT2D eigenvalue weighted by Gasteiger charge is -2.24. The fourth-order valence-electron chi connectivity index (χ4n) is 3.08. The van der Waals surface area contributed by atoms with Crippen LogP contribution in [0, 0.1) is 13.8 Å². The maximum atomic E-state index is 11.4. The van der Waals surface area contributed by atoms with Crippen LogP contribution in [0.4, 0.5) is 0 Å². The Labute approximate surface area is 127 Å². The van der Waals surface area contributed by atoms with Crippen molar-refractivity contribution in [2.24, 2.45) is 0 Å². The summed E-state index contributed by atoms with van der Waals surface area (Å²) in [7, 11) is -2.97. The van der Waals surface area contributed by atoms with Gasteiger partial charge in [-0.05, 0) is 39.2 Å². The number of nitrogens with one attached hydrogen (secondary N) is 1. The van der Waals surface area contributed by atoms with E-state index in [1.54, 1.807) is 0 Å². The van der Waals surface area contributed by atoms with E-state index >= 15 is 0 Å². The Morgan fingerprint density at radius 3 is 2.76 bits per heavy atom. The van der Waals surface area contributed by atoms with Crippen LogP contribution < -0.4 is 10.1 Å². The van der Waals surface area contributed by atoms with Crippen LogP contribution in [0.5, 0.6) is 5.75 Å². The minimum Gasteiger partial charge on any atom is -0.493 e. The van der Waals surface area contributed by atoms with E-state index in [1.807, 2.05) is 6.92 Å². The molecule has 0 radical (unpaired) electrons. The van der Waals surface area contributed by atoms with Crippen molar-refractivity contribution in [3.05, 3.63) is 28.8 Å². The molecule has 5 heteroatoms. The highest BCUT2D eigenvalue weighted by Crippen LogP contribution is 2.35. The van der Waals surface area contributed by atoms with Gasteiger partial charge in [-0.15, -0.1) is 0 Å². The number of benzene rings is 1. The first-order valence-corrected chi connectivity index (χ1v) is 9.50. The van der Waals surface area contributed by atoms with Crippen LogP contribution >= 0.6 is 0 Å². The summed E-state index contributed by atoms with van der Waals surface area (Å²) in [5.74, 6) is 1.12. The first-order valence-electron chi connectivity index (χ1n) is 7.44. The lowest BCUT2D eigenvalue weighted by atomic mass is 9.97. The molecule has 0 spiro atoms. The van der Waals surface area contributed by atoms with Crippen LogP contribution in [0.2, 0.25) is 0 Å². The van der Waals surface area contributed by atoms with Gasteiger partial charge in [-0.25, -0.2) is 8.42 Å². The van der Waals surface area contributed by atoms with Crippen LogP contribution in [0.3, 0.4) is 0 Å². The summed E-state index contributed by atoms with van der Waals surface area (Å²) in [6.45, 7) is 6.79. The molecular formula is C16H25NO3S. The predicted octanol–water partition coefficient (Wildman–Crippen LogP) is 2.54. The second kappa shape index (κ2) is 6.36. The summed E-state index contributed by atoms with van der Waals surface area (Å²) in [5.41, 5.74) is 3.51. The summed E-state index contributed by atoms with van der Waals surface area (Å²) >= 11 is 0. The predicted molar refractivity (Wildman–Crippen MR) is 85.7 cm³/mol.